The normalized spacial score (nSPS) is 12.6. The Morgan fingerprint density at radius 2 is 2.12 bits per heavy atom. The van der Waals surface area contributed by atoms with E-state index < -0.39 is 0 Å². The zero-order chi connectivity index (χ0) is 12.2. The summed E-state index contributed by atoms with van der Waals surface area (Å²) < 4.78 is 5.25. The number of hydrogen-bond donors (Lipinski definition) is 0. The standard InChI is InChI=1S/C14H24O2/c1-4-6-7-8-9-10-12-14(11-5-2)16-13(3)15/h4,6-7,14H,1,5,8-12H2,2-3H3/b7-6+. The van der Waals surface area contributed by atoms with E-state index in [2.05, 4.69) is 19.6 Å². The third kappa shape index (κ3) is 9.50. The van der Waals surface area contributed by atoms with Crippen LogP contribution < -0.4 is 0 Å². The lowest BCUT2D eigenvalue weighted by molar-refractivity contribution is -0.147. The van der Waals surface area contributed by atoms with Crippen molar-refractivity contribution in [3.8, 4) is 0 Å². The molecule has 0 rings (SSSR count). The fourth-order valence-corrected chi connectivity index (χ4v) is 1.65. The molecular weight excluding hydrogens is 200 g/mol. The minimum atomic E-state index is -0.162. The fraction of sp³-hybridized carbons (Fsp3) is 0.643. The minimum absolute atomic E-state index is 0.117. The Labute approximate surface area is 99.4 Å². The first-order valence-electron chi connectivity index (χ1n) is 6.15. The second kappa shape index (κ2) is 10.5. The summed E-state index contributed by atoms with van der Waals surface area (Å²) in [4.78, 5) is 10.9. The number of allylic oxidation sites excluding steroid dienone is 3. The molecule has 1 unspecified atom stereocenters. The summed E-state index contributed by atoms with van der Waals surface area (Å²) in [7, 11) is 0. The van der Waals surface area contributed by atoms with Crippen molar-refractivity contribution in [3.05, 3.63) is 24.8 Å². The lowest BCUT2D eigenvalue weighted by atomic mass is 10.1. The van der Waals surface area contributed by atoms with Crippen LogP contribution in [0, 0.1) is 0 Å². The smallest absolute Gasteiger partial charge is 0.302 e. The van der Waals surface area contributed by atoms with Gasteiger partial charge in [0.25, 0.3) is 0 Å². The number of carbonyl (C=O) groups is 1. The van der Waals surface area contributed by atoms with Crippen molar-refractivity contribution in [3.63, 3.8) is 0 Å². The maximum atomic E-state index is 10.9. The van der Waals surface area contributed by atoms with Gasteiger partial charge in [0.15, 0.2) is 0 Å². The van der Waals surface area contributed by atoms with E-state index in [0.29, 0.717) is 0 Å². The molecule has 1 atom stereocenters. The molecule has 0 aromatic carbocycles. The summed E-state index contributed by atoms with van der Waals surface area (Å²) >= 11 is 0. The Hall–Kier alpha value is -1.05. The lowest BCUT2D eigenvalue weighted by Crippen LogP contribution is -2.15. The third-order valence-electron chi connectivity index (χ3n) is 2.36. The molecule has 0 aliphatic rings. The van der Waals surface area contributed by atoms with Crippen LogP contribution in [0.15, 0.2) is 24.8 Å². The van der Waals surface area contributed by atoms with Crippen LogP contribution in [0.25, 0.3) is 0 Å². The molecule has 0 amide bonds. The lowest BCUT2D eigenvalue weighted by Gasteiger charge is -2.15. The van der Waals surface area contributed by atoms with E-state index in [1.165, 1.54) is 6.92 Å². The van der Waals surface area contributed by atoms with Crippen molar-refractivity contribution in [1.82, 2.24) is 0 Å². The highest BCUT2D eigenvalue weighted by atomic mass is 16.5. The van der Waals surface area contributed by atoms with Gasteiger partial charge in [0.1, 0.15) is 6.10 Å². The van der Waals surface area contributed by atoms with Crippen LogP contribution in [-0.4, -0.2) is 12.1 Å². The molecule has 0 spiro atoms. The van der Waals surface area contributed by atoms with Gasteiger partial charge in [-0.2, -0.15) is 0 Å². The highest BCUT2D eigenvalue weighted by Gasteiger charge is 2.09. The number of ether oxygens (including phenoxy) is 1. The summed E-state index contributed by atoms with van der Waals surface area (Å²) in [5.74, 6) is -0.162. The van der Waals surface area contributed by atoms with Crippen molar-refractivity contribution >= 4 is 5.97 Å². The van der Waals surface area contributed by atoms with Crippen LogP contribution >= 0.6 is 0 Å². The summed E-state index contributed by atoms with van der Waals surface area (Å²) in [6, 6.07) is 0. The Morgan fingerprint density at radius 3 is 2.69 bits per heavy atom. The van der Waals surface area contributed by atoms with Gasteiger partial charge >= 0.3 is 5.97 Å². The van der Waals surface area contributed by atoms with E-state index >= 15 is 0 Å². The van der Waals surface area contributed by atoms with Gasteiger partial charge < -0.3 is 4.74 Å². The second-order valence-corrected chi connectivity index (χ2v) is 3.97. The fourth-order valence-electron chi connectivity index (χ4n) is 1.65. The van der Waals surface area contributed by atoms with Gasteiger partial charge in [0, 0.05) is 6.92 Å². The van der Waals surface area contributed by atoms with Gasteiger partial charge in [-0.15, -0.1) is 0 Å². The van der Waals surface area contributed by atoms with Crippen molar-refractivity contribution < 1.29 is 9.53 Å². The molecule has 0 saturated heterocycles. The topological polar surface area (TPSA) is 26.3 Å². The molecule has 0 aromatic rings. The van der Waals surface area contributed by atoms with Crippen molar-refractivity contribution in [1.29, 1.82) is 0 Å². The zero-order valence-electron chi connectivity index (χ0n) is 10.6. The monoisotopic (exact) mass is 224 g/mol. The molecule has 0 aromatic heterocycles. The first-order valence-corrected chi connectivity index (χ1v) is 6.15. The molecule has 2 nitrogen and oxygen atoms in total. The number of unbranched alkanes of at least 4 members (excludes halogenated alkanes) is 2. The Kier molecular flexibility index (Phi) is 9.78. The average Bonchev–Trinajstić information content (AvgIpc) is 2.22. The van der Waals surface area contributed by atoms with Gasteiger partial charge in [-0.1, -0.05) is 38.2 Å². The van der Waals surface area contributed by atoms with Gasteiger partial charge in [0.05, 0.1) is 0 Å². The largest absolute Gasteiger partial charge is 0.463 e. The number of hydrogen-bond acceptors (Lipinski definition) is 2. The van der Waals surface area contributed by atoms with E-state index in [1.807, 2.05) is 6.08 Å². The van der Waals surface area contributed by atoms with Gasteiger partial charge in [-0.3, -0.25) is 4.79 Å². The van der Waals surface area contributed by atoms with Crippen LogP contribution in [0.3, 0.4) is 0 Å². The second-order valence-electron chi connectivity index (χ2n) is 3.97. The molecule has 0 aliphatic heterocycles. The number of carbonyl (C=O) groups excluding carboxylic acids is 1. The predicted molar refractivity (Wildman–Crippen MR) is 68.3 cm³/mol. The Morgan fingerprint density at radius 1 is 1.38 bits per heavy atom. The SMILES string of the molecule is C=C/C=C/CCCCC(CCC)OC(C)=O. The van der Waals surface area contributed by atoms with Crippen molar-refractivity contribution in [2.75, 3.05) is 0 Å². The van der Waals surface area contributed by atoms with Crippen molar-refractivity contribution in [2.24, 2.45) is 0 Å². The molecule has 92 valence electrons. The maximum absolute atomic E-state index is 10.9. The Balaban J connectivity index is 3.62. The summed E-state index contributed by atoms with van der Waals surface area (Å²) in [6.45, 7) is 7.22. The van der Waals surface area contributed by atoms with Crippen LogP contribution in [-0.2, 0) is 9.53 Å². The molecular formula is C14H24O2. The van der Waals surface area contributed by atoms with Crippen LogP contribution in [0.5, 0.6) is 0 Å². The first kappa shape index (κ1) is 14.9. The molecule has 16 heavy (non-hydrogen) atoms. The summed E-state index contributed by atoms with van der Waals surface area (Å²) in [5, 5.41) is 0. The third-order valence-corrected chi connectivity index (χ3v) is 2.36. The quantitative estimate of drug-likeness (QED) is 0.336. The van der Waals surface area contributed by atoms with E-state index in [-0.39, 0.29) is 12.1 Å². The molecule has 0 fully saturated rings. The summed E-state index contributed by atoms with van der Waals surface area (Å²) in [5.41, 5.74) is 0. The number of rotatable bonds is 9. The van der Waals surface area contributed by atoms with Crippen LogP contribution in [0.2, 0.25) is 0 Å². The van der Waals surface area contributed by atoms with Gasteiger partial charge in [-0.05, 0) is 32.1 Å². The predicted octanol–water partition coefficient (Wildman–Crippen LogP) is 4.02. The first-order chi connectivity index (χ1) is 7.70. The van der Waals surface area contributed by atoms with Crippen LogP contribution in [0.4, 0.5) is 0 Å². The van der Waals surface area contributed by atoms with E-state index in [4.69, 9.17) is 4.74 Å². The zero-order valence-corrected chi connectivity index (χ0v) is 10.6. The van der Waals surface area contributed by atoms with Crippen LogP contribution in [0.1, 0.15) is 52.4 Å². The average molecular weight is 224 g/mol. The molecule has 0 radical (unpaired) electrons. The molecule has 2 heteroatoms. The number of esters is 1. The van der Waals surface area contributed by atoms with E-state index in [0.717, 1.165) is 38.5 Å². The Bertz CT molecular complexity index is 219. The molecule has 0 heterocycles. The highest BCUT2D eigenvalue weighted by Crippen LogP contribution is 2.12. The molecule has 0 aliphatic carbocycles. The van der Waals surface area contributed by atoms with Crippen molar-refractivity contribution in [2.45, 2.75) is 58.5 Å². The molecule has 0 bridgehead atoms. The minimum Gasteiger partial charge on any atom is -0.463 e. The summed E-state index contributed by atoms with van der Waals surface area (Å²) in [6.07, 6.45) is 12.3. The van der Waals surface area contributed by atoms with Gasteiger partial charge in [-0.25, -0.2) is 0 Å². The van der Waals surface area contributed by atoms with E-state index in [9.17, 15) is 4.79 Å². The van der Waals surface area contributed by atoms with E-state index in [1.54, 1.807) is 6.08 Å². The molecule has 0 saturated carbocycles. The maximum Gasteiger partial charge on any atom is 0.302 e. The highest BCUT2D eigenvalue weighted by molar-refractivity contribution is 5.66. The van der Waals surface area contributed by atoms with Gasteiger partial charge in [0.2, 0.25) is 0 Å². The molecule has 0 N–H and O–H groups in total.